The van der Waals surface area contributed by atoms with Crippen LogP contribution < -0.4 is 29.7 Å². The van der Waals surface area contributed by atoms with E-state index in [9.17, 15) is 9.59 Å². The van der Waals surface area contributed by atoms with Crippen LogP contribution in [0.3, 0.4) is 0 Å². The molecule has 0 saturated carbocycles. The number of methoxy groups -OCH3 is 3. The van der Waals surface area contributed by atoms with Crippen LogP contribution in [-0.2, 0) is 16.2 Å². The van der Waals surface area contributed by atoms with Gasteiger partial charge in [0.25, 0.3) is 0 Å². The van der Waals surface area contributed by atoms with E-state index in [0.717, 1.165) is 5.56 Å². The number of hydrogen-bond acceptors (Lipinski definition) is 7. The largest absolute Gasteiger partial charge is 0.497 e. The van der Waals surface area contributed by atoms with Crippen molar-refractivity contribution >= 4 is 46.9 Å². The predicted molar refractivity (Wildman–Crippen MR) is 138 cm³/mol. The topological polar surface area (TPSA) is 107 Å². The van der Waals surface area contributed by atoms with Gasteiger partial charge in [0.15, 0.2) is 11.5 Å². The zero-order valence-electron chi connectivity index (χ0n) is 19.6. The van der Waals surface area contributed by atoms with E-state index in [4.69, 9.17) is 42.1 Å². The van der Waals surface area contributed by atoms with Crippen molar-refractivity contribution in [2.45, 2.75) is 6.61 Å². The van der Waals surface area contributed by atoms with E-state index in [1.807, 2.05) is 0 Å². The number of nitrogens with zero attached hydrogens (tertiary/aromatic N) is 1. The van der Waals surface area contributed by atoms with E-state index in [2.05, 4.69) is 15.8 Å². The van der Waals surface area contributed by atoms with Crippen LogP contribution in [-0.4, -0.2) is 39.4 Å². The van der Waals surface area contributed by atoms with Crippen LogP contribution in [0, 0.1) is 0 Å². The number of nitrogens with one attached hydrogen (secondary N) is 2. The molecule has 0 fully saturated rings. The molecule has 0 saturated heterocycles. The minimum atomic E-state index is -0.962. The maximum absolute atomic E-state index is 12.2. The molecule has 0 radical (unpaired) electrons. The van der Waals surface area contributed by atoms with Crippen LogP contribution in [0.4, 0.5) is 5.69 Å². The van der Waals surface area contributed by atoms with Crippen molar-refractivity contribution in [2.24, 2.45) is 5.10 Å². The molecular weight excluding hydrogens is 509 g/mol. The van der Waals surface area contributed by atoms with E-state index < -0.39 is 11.8 Å². The maximum atomic E-state index is 12.2. The molecular formula is C25H23Cl2N3O6. The third-order valence-electron chi connectivity index (χ3n) is 4.83. The highest BCUT2D eigenvalue weighted by atomic mass is 35.5. The molecule has 3 aromatic carbocycles. The van der Waals surface area contributed by atoms with E-state index >= 15 is 0 Å². The van der Waals surface area contributed by atoms with Crippen LogP contribution in [0.1, 0.15) is 11.1 Å². The first-order valence-corrected chi connectivity index (χ1v) is 11.2. The van der Waals surface area contributed by atoms with Crippen molar-refractivity contribution in [2.75, 3.05) is 26.6 Å². The van der Waals surface area contributed by atoms with Gasteiger partial charge >= 0.3 is 11.8 Å². The highest BCUT2D eigenvalue weighted by Crippen LogP contribution is 2.30. The number of benzene rings is 3. The molecule has 0 unspecified atom stereocenters. The molecule has 0 aliphatic rings. The van der Waals surface area contributed by atoms with Crippen molar-refractivity contribution in [1.29, 1.82) is 0 Å². The van der Waals surface area contributed by atoms with Gasteiger partial charge in [0, 0.05) is 21.7 Å². The Bertz CT molecular complexity index is 1280. The predicted octanol–water partition coefficient (Wildman–Crippen LogP) is 4.69. The minimum Gasteiger partial charge on any atom is -0.497 e. The highest BCUT2D eigenvalue weighted by Gasteiger charge is 2.16. The summed E-state index contributed by atoms with van der Waals surface area (Å²) in [6.07, 6.45) is 1.36. The molecule has 0 aliphatic heterocycles. The van der Waals surface area contributed by atoms with Crippen molar-refractivity contribution in [3.63, 3.8) is 0 Å². The summed E-state index contributed by atoms with van der Waals surface area (Å²) in [5.74, 6) is -0.0721. The van der Waals surface area contributed by atoms with Gasteiger partial charge in [-0.3, -0.25) is 9.59 Å². The van der Waals surface area contributed by atoms with Gasteiger partial charge in [-0.1, -0.05) is 29.3 Å². The van der Waals surface area contributed by atoms with Gasteiger partial charge < -0.3 is 24.3 Å². The average molecular weight is 532 g/mol. The number of halogens is 2. The third kappa shape index (κ3) is 7.03. The molecule has 2 amide bonds. The lowest BCUT2D eigenvalue weighted by molar-refractivity contribution is -0.136. The number of ether oxygens (including phenoxy) is 4. The molecule has 188 valence electrons. The first kappa shape index (κ1) is 26.7. The Labute approximate surface area is 217 Å². The van der Waals surface area contributed by atoms with Crippen molar-refractivity contribution in [3.05, 3.63) is 75.8 Å². The first-order valence-electron chi connectivity index (χ1n) is 10.5. The lowest BCUT2D eigenvalue weighted by Gasteiger charge is -2.12. The Balaban J connectivity index is 1.59. The molecule has 0 aromatic heterocycles. The molecule has 3 aromatic rings. The van der Waals surface area contributed by atoms with E-state index in [0.29, 0.717) is 44.3 Å². The fourth-order valence-corrected chi connectivity index (χ4v) is 3.44. The van der Waals surface area contributed by atoms with Gasteiger partial charge in [0.1, 0.15) is 18.1 Å². The summed E-state index contributed by atoms with van der Waals surface area (Å²) in [4.78, 5) is 24.4. The summed E-state index contributed by atoms with van der Waals surface area (Å²) in [5, 5.41) is 7.33. The maximum Gasteiger partial charge on any atom is 0.329 e. The summed E-state index contributed by atoms with van der Waals surface area (Å²) in [6.45, 7) is 0.212. The van der Waals surface area contributed by atoms with Gasteiger partial charge in [0.2, 0.25) is 0 Å². The monoisotopic (exact) mass is 531 g/mol. The molecule has 2 N–H and O–H groups in total. The summed E-state index contributed by atoms with van der Waals surface area (Å²) >= 11 is 12.1. The molecule has 0 bridgehead atoms. The van der Waals surface area contributed by atoms with Crippen LogP contribution in [0.15, 0.2) is 59.7 Å². The molecule has 3 rings (SSSR count). The van der Waals surface area contributed by atoms with Gasteiger partial charge in [-0.2, -0.15) is 5.10 Å². The minimum absolute atomic E-state index is 0.212. The summed E-state index contributed by atoms with van der Waals surface area (Å²) in [5.41, 5.74) is 3.85. The number of rotatable bonds is 9. The number of anilines is 1. The quantitative estimate of drug-likeness (QED) is 0.235. The molecule has 0 heterocycles. The second kappa shape index (κ2) is 12.7. The molecule has 0 aliphatic carbocycles. The highest BCUT2D eigenvalue weighted by molar-refractivity contribution is 6.39. The second-order valence-electron chi connectivity index (χ2n) is 7.15. The molecule has 9 nitrogen and oxygen atoms in total. The lowest BCUT2D eigenvalue weighted by atomic mass is 10.2. The number of carbonyl (C=O) groups is 2. The van der Waals surface area contributed by atoms with E-state index in [1.165, 1.54) is 27.5 Å². The molecule has 0 spiro atoms. The standard InChI is InChI=1S/C25H23Cl2N3O6/c1-33-18-7-8-20(22(12-18)34-2)29-24(31)25(32)30-28-13-15-4-9-21(23(10-15)35-3)36-14-16-5-6-17(26)11-19(16)27/h4-13H,14H2,1-3H3,(H,29,31)(H,30,32)/b28-13+. The summed E-state index contributed by atoms with van der Waals surface area (Å²) in [7, 11) is 4.44. The molecule has 11 heteroatoms. The van der Waals surface area contributed by atoms with Gasteiger partial charge in [-0.25, -0.2) is 5.43 Å². The Morgan fingerprint density at radius 1 is 0.861 bits per heavy atom. The first-order chi connectivity index (χ1) is 17.3. The number of amides is 2. The Hall–Kier alpha value is -3.95. The molecule has 0 atom stereocenters. The number of carbonyl (C=O) groups excluding carboxylic acids is 2. The van der Waals surface area contributed by atoms with Crippen LogP contribution in [0.25, 0.3) is 0 Å². The smallest absolute Gasteiger partial charge is 0.329 e. The van der Waals surface area contributed by atoms with Gasteiger partial charge in [-0.05, 0) is 48.0 Å². The number of hydrazone groups is 1. The van der Waals surface area contributed by atoms with Crippen molar-refractivity contribution in [3.8, 4) is 23.0 Å². The number of hydrogen-bond donors (Lipinski definition) is 2. The van der Waals surface area contributed by atoms with Crippen molar-refractivity contribution in [1.82, 2.24) is 5.43 Å². The SMILES string of the molecule is COc1ccc(NC(=O)C(=O)N/N=C/c2ccc(OCc3ccc(Cl)cc3Cl)c(OC)c2)c(OC)c1. The summed E-state index contributed by atoms with van der Waals surface area (Å²) in [6, 6.07) is 15.0. The van der Waals surface area contributed by atoms with Crippen LogP contribution in [0.2, 0.25) is 10.0 Å². The zero-order valence-corrected chi connectivity index (χ0v) is 21.1. The van der Waals surface area contributed by atoms with Gasteiger partial charge in [-0.15, -0.1) is 0 Å². The third-order valence-corrected chi connectivity index (χ3v) is 5.42. The molecule has 36 heavy (non-hydrogen) atoms. The fraction of sp³-hybridized carbons (Fsp3) is 0.160. The Kier molecular flexibility index (Phi) is 9.38. The van der Waals surface area contributed by atoms with Gasteiger partial charge in [0.05, 0.1) is 33.2 Å². The Morgan fingerprint density at radius 2 is 1.64 bits per heavy atom. The summed E-state index contributed by atoms with van der Waals surface area (Å²) < 4.78 is 21.5. The normalized spacial score (nSPS) is 10.6. The zero-order chi connectivity index (χ0) is 26.1. The fourth-order valence-electron chi connectivity index (χ4n) is 2.98. The average Bonchev–Trinajstić information content (AvgIpc) is 2.88. The van der Waals surface area contributed by atoms with E-state index in [1.54, 1.807) is 54.6 Å². The Morgan fingerprint density at radius 3 is 2.33 bits per heavy atom. The van der Waals surface area contributed by atoms with Crippen LogP contribution in [0.5, 0.6) is 23.0 Å². The van der Waals surface area contributed by atoms with Crippen molar-refractivity contribution < 1.29 is 28.5 Å². The second-order valence-corrected chi connectivity index (χ2v) is 8.00. The lowest BCUT2D eigenvalue weighted by Crippen LogP contribution is -2.32. The van der Waals surface area contributed by atoms with Crippen LogP contribution >= 0.6 is 23.2 Å². The van der Waals surface area contributed by atoms with E-state index in [-0.39, 0.29) is 6.61 Å².